The lowest BCUT2D eigenvalue weighted by atomic mass is 10.0. The molecule has 0 bridgehead atoms. The van der Waals surface area contributed by atoms with Gasteiger partial charge in [-0.05, 0) is 40.7 Å². The molecule has 2 N–H and O–H groups in total. The predicted octanol–water partition coefficient (Wildman–Crippen LogP) is 3.39. The lowest BCUT2D eigenvalue weighted by molar-refractivity contribution is 0.405. The Hall–Kier alpha value is -0.830. The van der Waals surface area contributed by atoms with Gasteiger partial charge >= 0.3 is 0 Å². The van der Waals surface area contributed by atoms with Crippen LogP contribution in [0.2, 0.25) is 0 Å². The van der Waals surface area contributed by atoms with Crippen LogP contribution in [0.3, 0.4) is 0 Å². The smallest absolute Gasteiger partial charge is 0.191 e. The van der Waals surface area contributed by atoms with Crippen LogP contribution in [0.4, 0.5) is 0 Å². The zero-order valence-corrected chi connectivity index (χ0v) is 19.5. The molecule has 0 saturated carbocycles. The van der Waals surface area contributed by atoms with Crippen LogP contribution in [0, 0.1) is 6.92 Å². The lowest BCUT2D eigenvalue weighted by Gasteiger charge is -2.22. The number of aryl methyl sites for hydroxylation is 1. The second-order valence-corrected chi connectivity index (χ2v) is 9.10. The minimum absolute atomic E-state index is 0. The van der Waals surface area contributed by atoms with Gasteiger partial charge in [-0.25, -0.2) is 0 Å². The second kappa shape index (κ2) is 11.0. The molecule has 0 spiro atoms. The van der Waals surface area contributed by atoms with Crippen LogP contribution in [0.5, 0.6) is 5.75 Å². The van der Waals surface area contributed by atoms with Crippen molar-refractivity contribution in [2.24, 2.45) is 4.99 Å². The maximum atomic E-state index is 12.1. The van der Waals surface area contributed by atoms with Crippen LogP contribution in [0.15, 0.2) is 23.2 Å². The van der Waals surface area contributed by atoms with Crippen molar-refractivity contribution in [2.75, 3.05) is 26.5 Å². The third-order valence-corrected chi connectivity index (χ3v) is 5.63. The molecule has 5 nitrogen and oxygen atoms in total. The largest absolute Gasteiger partial charge is 0.496 e. The maximum absolute atomic E-state index is 12.1. The van der Waals surface area contributed by atoms with Gasteiger partial charge in [0.15, 0.2) is 5.96 Å². The molecule has 0 heterocycles. The number of hydrogen-bond donors (Lipinski definition) is 2. The quantitative estimate of drug-likeness (QED) is 0.372. The number of rotatable bonds is 6. The Bertz CT molecular complexity index is 600. The molecule has 2 atom stereocenters. The van der Waals surface area contributed by atoms with E-state index in [0.717, 1.165) is 11.3 Å². The topological polar surface area (TPSA) is 62.7 Å². The number of nitrogens with zero attached hydrogens (tertiary/aromatic N) is 1. The average molecular weight is 481 g/mol. The van der Waals surface area contributed by atoms with Gasteiger partial charge in [-0.2, -0.15) is 0 Å². The van der Waals surface area contributed by atoms with Gasteiger partial charge in [-0.3, -0.25) is 9.20 Å². The van der Waals surface area contributed by atoms with E-state index in [9.17, 15) is 4.21 Å². The fourth-order valence-electron chi connectivity index (χ4n) is 2.24. The highest BCUT2D eigenvalue weighted by Gasteiger charge is 2.19. The molecule has 0 saturated heterocycles. The first-order chi connectivity index (χ1) is 11.2. The van der Waals surface area contributed by atoms with E-state index in [0.29, 0.717) is 18.3 Å². The van der Waals surface area contributed by atoms with E-state index >= 15 is 0 Å². The molecular formula is C18H32IN3O2S. The Kier molecular flexibility index (Phi) is 10.6. The summed E-state index contributed by atoms with van der Waals surface area (Å²) in [6.45, 7) is 10.7. The standard InChI is InChI=1S/C18H31N3O2S.HI/c1-13-8-9-16(23-7)15(12-13)14(2)21-17(19-6)20-10-11-24(22)18(3,4)5;/h8-9,12,14H,10-11H2,1-7H3,(H2,19,20,21);1H. The summed E-state index contributed by atoms with van der Waals surface area (Å²) in [6.07, 6.45) is 0. The number of hydrogen-bond acceptors (Lipinski definition) is 3. The Labute approximate surface area is 171 Å². The van der Waals surface area contributed by atoms with E-state index < -0.39 is 10.8 Å². The molecular weight excluding hydrogens is 449 g/mol. The van der Waals surface area contributed by atoms with Crippen LogP contribution in [-0.4, -0.2) is 41.4 Å². The van der Waals surface area contributed by atoms with Gasteiger partial charge in [-0.15, -0.1) is 24.0 Å². The molecule has 144 valence electrons. The highest BCUT2D eigenvalue weighted by molar-refractivity contribution is 14.0. The Morgan fingerprint density at radius 2 is 2.00 bits per heavy atom. The molecule has 0 aromatic heterocycles. The van der Waals surface area contributed by atoms with Crippen molar-refractivity contribution >= 4 is 40.7 Å². The number of aliphatic imine (C=N–C) groups is 1. The first-order valence-electron chi connectivity index (χ1n) is 8.19. The minimum Gasteiger partial charge on any atom is -0.496 e. The second-order valence-electron chi connectivity index (χ2n) is 6.77. The number of ether oxygens (including phenoxy) is 1. The summed E-state index contributed by atoms with van der Waals surface area (Å²) in [5.74, 6) is 2.13. The average Bonchev–Trinajstić information content (AvgIpc) is 2.52. The van der Waals surface area contributed by atoms with E-state index in [1.165, 1.54) is 5.56 Å². The number of nitrogens with one attached hydrogen (secondary N) is 2. The SMILES string of the molecule is CN=C(NCCS(=O)C(C)(C)C)NC(C)c1cc(C)ccc1OC.I. The van der Waals surface area contributed by atoms with Gasteiger partial charge in [0.1, 0.15) is 5.75 Å². The van der Waals surface area contributed by atoms with E-state index in [1.807, 2.05) is 32.9 Å². The Balaban J connectivity index is 0.00000576. The van der Waals surface area contributed by atoms with Crippen molar-refractivity contribution in [3.8, 4) is 5.75 Å². The third-order valence-electron chi connectivity index (χ3n) is 3.69. The number of benzene rings is 1. The molecule has 25 heavy (non-hydrogen) atoms. The summed E-state index contributed by atoms with van der Waals surface area (Å²) in [5.41, 5.74) is 2.27. The highest BCUT2D eigenvalue weighted by Crippen LogP contribution is 2.25. The van der Waals surface area contributed by atoms with Crippen molar-refractivity contribution in [1.29, 1.82) is 0 Å². The van der Waals surface area contributed by atoms with E-state index in [-0.39, 0.29) is 34.8 Å². The first kappa shape index (κ1) is 24.2. The van der Waals surface area contributed by atoms with Gasteiger partial charge < -0.3 is 15.4 Å². The summed E-state index contributed by atoms with van der Waals surface area (Å²) in [5, 5.41) is 6.59. The first-order valence-corrected chi connectivity index (χ1v) is 9.51. The van der Waals surface area contributed by atoms with E-state index in [4.69, 9.17) is 4.74 Å². The van der Waals surface area contributed by atoms with Crippen LogP contribution in [-0.2, 0) is 10.8 Å². The fourth-order valence-corrected chi connectivity index (χ4v) is 3.14. The normalized spacial score (nSPS) is 14.3. The third kappa shape index (κ3) is 7.94. The van der Waals surface area contributed by atoms with Crippen molar-refractivity contribution < 1.29 is 8.95 Å². The lowest BCUT2D eigenvalue weighted by Crippen LogP contribution is -2.41. The van der Waals surface area contributed by atoms with Crippen LogP contribution >= 0.6 is 24.0 Å². The zero-order chi connectivity index (χ0) is 18.3. The molecule has 1 aromatic rings. The summed E-state index contributed by atoms with van der Waals surface area (Å²) in [4.78, 5) is 4.25. The molecule has 0 aliphatic carbocycles. The van der Waals surface area contributed by atoms with Gasteiger partial charge in [0.2, 0.25) is 0 Å². The van der Waals surface area contributed by atoms with E-state index in [2.05, 4.69) is 35.5 Å². The molecule has 7 heteroatoms. The van der Waals surface area contributed by atoms with E-state index in [1.54, 1.807) is 14.2 Å². The predicted molar refractivity (Wildman–Crippen MR) is 119 cm³/mol. The number of methoxy groups -OCH3 is 1. The van der Waals surface area contributed by atoms with Crippen molar-refractivity contribution in [2.45, 2.75) is 45.4 Å². The van der Waals surface area contributed by atoms with Gasteiger partial charge in [0, 0.05) is 40.5 Å². The molecule has 0 amide bonds. The maximum Gasteiger partial charge on any atom is 0.191 e. The Morgan fingerprint density at radius 3 is 2.52 bits per heavy atom. The van der Waals surface area contributed by atoms with Crippen molar-refractivity contribution in [3.05, 3.63) is 29.3 Å². The molecule has 0 aliphatic heterocycles. The van der Waals surface area contributed by atoms with Crippen LogP contribution in [0.25, 0.3) is 0 Å². The minimum atomic E-state index is -0.878. The summed E-state index contributed by atoms with van der Waals surface area (Å²) < 4.78 is 17.3. The molecule has 1 rings (SSSR count). The molecule has 1 aromatic carbocycles. The highest BCUT2D eigenvalue weighted by atomic mass is 127. The van der Waals surface area contributed by atoms with Crippen molar-refractivity contribution in [3.63, 3.8) is 0 Å². The molecule has 0 aliphatic rings. The van der Waals surface area contributed by atoms with Gasteiger partial charge in [0.25, 0.3) is 0 Å². The fraction of sp³-hybridized carbons (Fsp3) is 0.611. The number of halogens is 1. The van der Waals surface area contributed by atoms with Gasteiger partial charge in [-0.1, -0.05) is 17.7 Å². The van der Waals surface area contributed by atoms with Crippen LogP contribution in [0.1, 0.15) is 44.9 Å². The molecule has 0 fully saturated rings. The molecule has 2 unspecified atom stereocenters. The van der Waals surface area contributed by atoms with Gasteiger partial charge in [0.05, 0.1) is 13.2 Å². The zero-order valence-electron chi connectivity index (χ0n) is 16.3. The monoisotopic (exact) mass is 481 g/mol. The summed E-state index contributed by atoms with van der Waals surface area (Å²) in [6, 6.07) is 6.16. The van der Waals surface area contributed by atoms with Crippen LogP contribution < -0.4 is 15.4 Å². The Morgan fingerprint density at radius 1 is 1.36 bits per heavy atom. The summed E-state index contributed by atoms with van der Waals surface area (Å²) in [7, 11) is 2.53. The molecule has 0 radical (unpaired) electrons. The summed E-state index contributed by atoms with van der Waals surface area (Å²) >= 11 is 0. The number of guanidine groups is 1. The van der Waals surface area contributed by atoms with Crippen molar-refractivity contribution in [1.82, 2.24) is 10.6 Å².